The van der Waals surface area contributed by atoms with Crippen LogP contribution < -0.4 is 10.2 Å². The van der Waals surface area contributed by atoms with Crippen molar-refractivity contribution >= 4 is 28.4 Å². The smallest absolute Gasteiger partial charge is 0.257 e. The average Bonchev–Trinajstić information content (AvgIpc) is 3.11. The van der Waals surface area contributed by atoms with E-state index in [1.165, 1.54) is 0 Å². The molecule has 1 amide bonds. The molecule has 0 saturated heterocycles. The van der Waals surface area contributed by atoms with Crippen LogP contribution in [0.1, 0.15) is 10.4 Å². The number of fused-ring (bicyclic) bond motifs is 2. The number of hydrogen-bond donors (Lipinski definition) is 1. The first-order valence-electron chi connectivity index (χ1n) is 10.3. The first kappa shape index (κ1) is 19.3. The van der Waals surface area contributed by atoms with Crippen LogP contribution in [-0.4, -0.2) is 59.6 Å². The Morgan fingerprint density at radius 1 is 0.968 bits per heavy atom. The number of nitrogens with one attached hydrogen (secondary N) is 1. The van der Waals surface area contributed by atoms with Gasteiger partial charge in [-0.1, -0.05) is 18.2 Å². The van der Waals surface area contributed by atoms with E-state index in [1.54, 1.807) is 0 Å². The Morgan fingerprint density at radius 2 is 1.81 bits per heavy atom. The number of carbonyl (C=O) groups is 1. The number of anilines is 2. The predicted octanol–water partition coefficient (Wildman–Crippen LogP) is 3.65. The van der Waals surface area contributed by atoms with Crippen LogP contribution in [0.15, 0.2) is 60.8 Å². The summed E-state index contributed by atoms with van der Waals surface area (Å²) in [6.45, 7) is 1.85. The van der Waals surface area contributed by atoms with Crippen molar-refractivity contribution in [1.82, 2.24) is 19.4 Å². The third-order valence-electron chi connectivity index (χ3n) is 5.59. The molecule has 5 rings (SSSR count). The largest absolute Gasteiger partial charge is 0.358 e. The van der Waals surface area contributed by atoms with Crippen molar-refractivity contribution in [1.29, 1.82) is 0 Å². The summed E-state index contributed by atoms with van der Waals surface area (Å²) in [5.41, 5.74) is 4.76. The Kier molecular flexibility index (Phi) is 4.67. The Balaban J connectivity index is 1.64. The van der Waals surface area contributed by atoms with Gasteiger partial charge >= 0.3 is 0 Å². The zero-order valence-corrected chi connectivity index (χ0v) is 17.8. The van der Waals surface area contributed by atoms with E-state index < -0.39 is 0 Å². The van der Waals surface area contributed by atoms with Crippen LogP contribution in [-0.2, 0) is 0 Å². The summed E-state index contributed by atoms with van der Waals surface area (Å²) in [4.78, 5) is 26.7. The Morgan fingerprint density at radius 3 is 2.58 bits per heavy atom. The average molecular weight is 412 g/mol. The molecule has 0 spiro atoms. The van der Waals surface area contributed by atoms with E-state index in [0.717, 1.165) is 52.7 Å². The number of pyridine rings is 1. The molecule has 0 saturated carbocycles. The highest BCUT2D eigenvalue weighted by molar-refractivity contribution is 6.14. The first-order chi connectivity index (χ1) is 15.0. The molecule has 2 aromatic heterocycles. The van der Waals surface area contributed by atoms with Crippen LogP contribution in [0.2, 0.25) is 0 Å². The Bertz CT molecular complexity index is 1280. The molecule has 1 N–H and O–H groups in total. The number of carbonyl (C=O) groups excluding carboxylic acids is 1. The van der Waals surface area contributed by atoms with Crippen molar-refractivity contribution in [3.8, 4) is 17.1 Å². The van der Waals surface area contributed by atoms with E-state index >= 15 is 0 Å². The summed E-state index contributed by atoms with van der Waals surface area (Å²) in [6.07, 6.45) is 1.86. The lowest BCUT2D eigenvalue weighted by molar-refractivity contribution is 0.102. The fourth-order valence-electron chi connectivity index (χ4n) is 3.91. The predicted molar refractivity (Wildman–Crippen MR) is 124 cm³/mol. The minimum atomic E-state index is -0.126. The van der Waals surface area contributed by atoms with Crippen molar-refractivity contribution in [2.24, 2.45) is 0 Å². The number of likely N-dealkylation sites (N-methyl/N-ethyl adjacent to an activating group) is 2. The lowest BCUT2D eigenvalue weighted by Crippen LogP contribution is -2.28. The van der Waals surface area contributed by atoms with Crippen LogP contribution in [0.25, 0.3) is 28.1 Å². The van der Waals surface area contributed by atoms with Gasteiger partial charge in [-0.15, -0.1) is 0 Å². The standard InChI is InChI=1S/C24H24N6O/c1-28(2)13-14-29(3)21-12-11-16(15-25-21)23-26-19-9-6-7-17-22(19)30(23)20-10-5-4-8-18(20)27-24(17)31/h4-12,15H,13-14H2,1-3H3,(H,27,31). The van der Waals surface area contributed by atoms with E-state index in [1.807, 2.05) is 67.8 Å². The second kappa shape index (κ2) is 7.52. The molecule has 3 heterocycles. The van der Waals surface area contributed by atoms with Gasteiger partial charge in [0.25, 0.3) is 5.91 Å². The summed E-state index contributed by atoms with van der Waals surface area (Å²) >= 11 is 0. The van der Waals surface area contributed by atoms with Gasteiger partial charge in [0.2, 0.25) is 0 Å². The van der Waals surface area contributed by atoms with Gasteiger partial charge < -0.3 is 15.1 Å². The molecule has 0 aliphatic carbocycles. The molecule has 1 aliphatic rings. The zero-order chi connectivity index (χ0) is 21.5. The fourth-order valence-corrected chi connectivity index (χ4v) is 3.91. The van der Waals surface area contributed by atoms with Crippen LogP contribution >= 0.6 is 0 Å². The molecule has 1 aliphatic heterocycles. The van der Waals surface area contributed by atoms with Gasteiger partial charge in [-0.3, -0.25) is 9.36 Å². The molecule has 156 valence electrons. The number of amides is 1. The molecular formula is C24H24N6O. The van der Waals surface area contributed by atoms with Crippen molar-refractivity contribution < 1.29 is 4.79 Å². The monoisotopic (exact) mass is 412 g/mol. The summed E-state index contributed by atoms with van der Waals surface area (Å²) in [5.74, 6) is 1.55. The van der Waals surface area contributed by atoms with E-state index in [4.69, 9.17) is 4.98 Å². The number of para-hydroxylation sites is 3. The molecule has 2 aromatic carbocycles. The number of benzene rings is 2. The molecule has 7 heteroatoms. The van der Waals surface area contributed by atoms with Crippen molar-refractivity contribution in [2.75, 3.05) is 44.4 Å². The lowest BCUT2D eigenvalue weighted by Gasteiger charge is -2.20. The highest BCUT2D eigenvalue weighted by Crippen LogP contribution is 2.36. The quantitative estimate of drug-likeness (QED) is 0.542. The number of rotatable bonds is 5. The fraction of sp³-hybridized carbons (Fsp3) is 0.208. The SMILES string of the molecule is CN(C)CCN(C)c1ccc(-c2nc3cccc4c3n2-c2ccccc2NC4=O)cn1. The van der Waals surface area contributed by atoms with Gasteiger partial charge in [0.05, 0.1) is 28.0 Å². The van der Waals surface area contributed by atoms with Crippen LogP contribution in [0.3, 0.4) is 0 Å². The maximum Gasteiger partial charge on any atom is 0.257 e. The van der Waals surface area contributed by atoms with E-state index in [0.29, 0.717) is 5.56 Å². The Hall–Kier alpha value is -3.71. The highest BCUT2D eigenvalue weighted by atomic mass is 16.1. The summed E-state index contributed by atoms with van der Waals surface area (Å²) in [7, 11) is 6.17. The van der Waals surface area contributed by atoms with E-state index in [-0.39, 0.29) is 5.91 Å². The number of imidazole rings is 1. The summed E-state index contributed by atoms with van der Waals surface area (Å²) < 4.78 is 2.06. The van der Waals surface area contributed by atoms with Gasteiger partial charge in [0.15, 0.2) is 0 Å². The van der Waals surface area contributed by atoms with Gasteiger partial charge in [-0.05, 0) is 50.5 Å². The van der Waals surface area contributed by atoms with Gasteiger partial charge in [0.1, 0.15) is 11.6 Å². The topological polar surface area (TPSA) is 66.3 Å². The third kappa shape index (κ3) is 3.33. The number of nitrogens with zero attached hydrogens (tertiary/aromatic N) is 5. The van der Waals surface area contributed by atoms with Gasteiger partial charge in [-0.2, -0.15) is 0 Å². The second-order valence-corrected chi connectivity index (χ2v) is 8.05. The second-order valence-electron chi connectivity index (χ2n) is 8.05. The zero-order valence-electron chi connectivity index (χ0n) is 17.8. The molecule has 0 bridgehead atoms. The normalized spacial score (nSPS) is 12.6. The van der Waals surface area contributed by atoms with Gasteiger partial charge in [0, 0.05) is 31.9 Å². The van der Waals surface area contributed by atoms with Crippen molar-refractivity contribution in [3.63, 3.8) is 0 Å². The molecule has 0 unspecified atom stereocenters. The van der Waals surface area contributed by atoms with Crippen LogP contribution in [0.4, 0.5) is 11.5 Å². The molecule has 0 fully saturated rings. The molecule has 31 heavy (non-hydrogen) atoms. The highest BCUT2D eigenvalue weighted by Gasteiger charge is 2.25. The summed E-state index contributed by atoms with van der Waals surface area (Å²) in [6, 6.07) is 17.5. The number of aromatic nitrogens is 3. The maximum atomic E-state index is 12.9. The molecule has 0 atom stereocenters. The maximum absolute atomic E-state index is 12.9. The molecule has 4 aromatic rings. The molecule has 0 radical (unpaired) electrons. The van der Waals surface area contributed by atoms with Crippen LogP contribution in [0.5, 0.6) is 0 Å². The van der Waals surface area contributed by atoms with Crippen molar-refractivity contribution in [2.45, 2.75) is 0 Å². The molecular weight excluding hydrogens is 388 g/mol. The van der Waals surface area contributed by atoms with Crippen molar-refractivity contribution in [3.05, 3.63) is 66.4 Å². The lowest BCUT2D eigenvalue weighted by atomic mass is 10.1. The van der Waals surface area contributed by atoms with Gasteiger partial charge in [-0.25, -0.2) is 9.97 Å². The van der Waals surface area contributed by atoms with E-state index in [2.05, 4.69) is 38.8 Å². The molecule has 7 nitrogen and oxygen atoms in total. The Labute approximate surface area is 181 Å². The first-order valence-corrected chi connectivity index (χ1v) is 10.3. The van der Waals surface area contributed by atoms with Crippen LogP contribution in [0, 0.1) is 0 Å². The number of hydrogen-bond acceptors (Lipinski definition) is 5. The van der Waals surface area contributed by atoms with E-state index in [9.17, 15) is 4.79 Å². The third-order valence-corrected chi connectivity index (χ3v) is 5.59. The minimum absolute atomic E-state index is 0.126. The minimum Gasteiger partial charge on any atom is -0.358 e. The summed E-state index contributed by atoms with van der Waals surface area (Å²) in [5, 5.41) is 3.03.